The first-order chi connectivity index (χ1) is 17.6. The van der Waals surface area contributed by atoms with Gasteiger partial charge in [0, 0.05) is 0 Å². The number of ether oxygens (including phenoxy) is 2. The van der Waals surface area contributed by atoms with Crippen LogP contribution in [-0.4, -0.2) is 101 Å². The van der Waals surface area contributed by atoms with E-state index < -0.39 is 83.1 Å². The minimum Gasteiger partial charge on any atom is -0.756 e. The van der Waals surface area contributed by atoms with Crippen molar-refractivity contribution in [3.05, 3.63) is 16.7 Å². The van der Waals surface area contributed by atoms with Crippen molar-refractivity contribution in [1.82, 2.24) is 19.5 Å². The number of nitrogen functional groups attached to an aromatic ring is 1. The molecular formula is C16H23N5Na2O15P2. The molecule has 0 bridgehead atoms. The van der Waals surface area contributed by atoms with E-state index in [0.717, 1.165) is 10.9 Å². The number of aliphatic hydroxyl groups excluding tert-OH is 5. The Bertz CT molecular complexity index is 1330. The first kappa shape index (κ1) is 36.3. The van der Waals surface area contributed by atoms with E-state index in [1.807, 2.05) is 0 Å². The number of phosphoric ester groups is 2. The number of nitrogens with one attached hydrogen (secondary N) is 1. The van der Waals surface area contributed by atoms with Crippen LogP contribution >= 0.6 is 15.6 Å². The number of hydrogen-bond donors (Lipinski definition) is 7. The molecule has 2 fully saturated rings. The van der Waals surface area contributed by atoms with Crippen LogP contribution in [0, 0.1) is 0 Å². The maximum Gasteiger partial charge on any atom is 1.00 e. The number of rotatable bonds is 8. The van der Waals surface area contributed by atoms with Crippen LogP contribution in [0.1, 0.15) is 13.2 Å². The van der Waals surface area contributed by atoms with Crippen molar-refractivity contribution < 1.29 is 126 Å². The van der Waals surface area contributed by atoms with Crippen LogP contribution in [0.5, 0.6) is 0 Å². The Balaban J connectivity index is 0.00000280. The summed E-state index contributed by atoms with van der Waals surface area (Å²) in [7, 11) is -11.6. The second kappa shape index (κ2) is 13.8. The van der Waals surface area contributed by atoms with Gasteiger partial charge < -0.3 is 55.1 Å². The van der Waals surface area contributed by atoms with E-state index in [1.165, 1.54) is 6.92 Å². The Morgan fingerprint density at radius 1 is 1.05 bits per heavy atom. The molecule has 11 atom stereocenters. The number of aromatic nitrogens is 4. The van der Waals surface area contributed by atoms with Crippen molar-refractivity contribution in [2.45, 2.75) is 62.2 Å². The van der Waals surface area contributed by atoms with E-state index >= 15 is 0 Å². The van der Waals surface area contributed by atoms with Gasteiger partial charge in [-0.15, -0.1) is 0 Å². The van der Waals surface area contributed by atoms with Gasteiger partial charge in [-0.3, -0.25) is 28.0 Å². The maximum absolute atomic E-state index is 12.1. The third-order valence-electron chi connectivity index (χ3n) is 5.70. The number of H-pyrrole nitrogens is 1. The van der Waals surface area contributed by atoms with Crippen molar-refractivity contribution in [3.63, 3.8) is 0 Å². The van der Waals surface area contributed by atoms with E-state index in [0.29, 0.717) is 0 Å². The number of anilines is 1. The van der Waals surface area contributed by atoms with Crippen molar-refractivity contribution in [3.8, 4) is 0 Å². The van der Waals surface area contributed by atoms with Gasteiger partial charge in [-0.1, -0.05) is 0 Å². The molecule has 2 saturated heterocycles. The van der Waals surface area contributed by atoms with Gasteiger partial charge in [0.15, 0.2) is 23.7 Å². The molecule has 7 unspecified atom stereocenters. The fraction of sp³-hybridized carbons (Fsp3) is 0.688. The summed E-state index contributed by atoms with van der Waals surface area (Å²) >= 11 is 0. The van der Waals surface area contributed by atoms with Gasteiger partial charge in [-0.25, -0.2) is 9.29 Å². The van der Waals surface area contributed by atoms with Crippen LogP contribution < -0.4 is 80.2 Å². The van der Waals surface area contributed by atoms with Crippen LogP contribution in [-0.2, 0) is 32.0 Å². The van der Waals surface area contributed by atoms with Gasteiger partial charge in [-0.2, -0.15) is 4.98 Å². The molecule has 0 aliphatic carbocycles. The van der Waals surface area contributed by atoms with Crippen molar-refractivity contribution in [2.75, 3.05) is 12.3 Å². The van der Waals surface area contributed by atoms with Crippen LogP contribution in [0.25, 0.3) is 11.2 Å². The third-order valence-corrected chi connectivity index (χ3v) is 8.23. The standard InChI is InChI=1S/C16H25N5O15P2.2Na/c1-4-7(22)9(24)11(26)15(33-4)35-38(30,31)36-37(28,29)32-2-5-8(23)10(25)14(34-5)21-3-18-6-12(21)19-16(17)20-13(6)27;;/h3-5,7-11,14-15,22-26H,2H2,1H3,(H,28,29)(H,30,31)(H3,17,19,20,27);;/q;2*+1/p-2/t4?,5-,7?,8-,9?,10-,11?,14-,15?;;/m1../s1. The van der Waals surface area contributed by atoms with Crippen molar-refractivity contribution >= 4 is 32.8 Å². The van der Waals surface area contributed by atoms with Gasteiger partial charge in [0.25, 0.3) is 21.2 Å². The maximum atomic E-state index is 12.1. The van der Waals surface area contributed by atoms with E-state index in [4.69, 9.17) is 15.2 Å². The topological polar surface area (TPSA) is 317 Å². The number of aromatic amines is 1. The van der Waals surface area contributed by atoms with Crippen LogP contribution in [0.2, 0.25) is 0 Å². The summed E-state index contributed by atoms with van der Waals surface area (Å²) in [6.45, 7) is 0.168. The molecule has 0 spiro atoms. The Labute approximate surface area is 268 Å². The SMILES string of the molecule is CC1OC(OP(=O)([O-])OP(=O)([O-])OC[C@H]2O[C@@H](n3cnc4c(=O)[nH]c(N)nc43)[C@H](O)[C@@H]2O)C(O)C(O)C1O.[Na+].[Na+]. The van der Waals surface area contributed by atoms with E-state index in [1.54, 1.807) is 0 Å². The molecule has 40 heavy (non-hydrogen) atoms. The average molecular weight is 633 g/mol. The van der Waals surface area contributed by atoms with E-state index in [-0.39, 0.29) is 76.2 Å². The van der Waals surface area contributed by atoms with Crippen LogP contribution in [0.4, 0.5) is 5.95 Å². The summed E-state index contributed by atoms with van der Waals surface area (Å²) in [5, 5.41) is 49.9. The largest absolute Gasteiger partial charge is 1.00 e. The van der Waals surface area contributed by atoms with Crippen LogP contribution in [0.3, 0.4) is 0 Å². The van der Waals surface area contributed by atoms with E-state index in [9.17, 15) is 49.2 Å². The van der Waals surface area contributed by atoms with Crippen LogP contribution in [0.15, 0.2) is 11.1 Å². The predicted molar refractivity (Wildman–Crippen MR) is 114 cm³/mol. The first-order valence-corrected chi connectivity index (χ1v) is 13.6. The fourth-order valence-electron chi connectivity index (χ4n) is 3.78. The molecule has 24 heteroatoms. The van der Waals surface area contributed by atoms with E-state index in [2.05, 4.69) is 28.3 Å². The zero-order chi connectivity index (χ0) is 28.2. The predicted octanol–water partition coefficient (Wildman–Crippen LogP) is -10.9. The number of imidazole rings is 1. The van der Waals surface area contributed by atoms with Gasteiger partial charge in [-0.05, 0) is 6.92 Å². The molecular weight excluding hydrogens is 610 g/mol. The summed E-state index contributed by atoms with van der Waals surface area (Å²) < 4.78 is 48.3. The molecule has 2 aliphatic rings. The van der Waals surface area contributed by atoms with Gasteiger partial charge in [0.05, 0.1) is 19.0 Å². The minimum atomic E-state index is -5.82. The second-order valence-electron chi connectivity index (χ2n) is 8.38. The molecule has 2 aliphatic heterocycles. The summed E-state index contributed by atoms with van der Waals surface area (Å²) in [4.78, 5) is 46.1. The fourth-order valence-corrected chi connectivity index (χ4v) is 5.86. The molecule has 0 radical (unpaired) electrons. The molecule has 20 nitrogen and oxygen atoms in total. The number of fused-ring (bicyclic) bond motifs is 1. The molecule has 8 N–H and O–H groups in total. The second-order valence-corrected chi connectivity index (χ2v) is 11.3. The monoisotopic (exact) mass is 633 g/mol. The average Bonchev–Trinajstić information content (AvgIpc) is 3.35. The van der Waals surface area contributed by atoms with Gasteiger partial charge >= 0.3 is 59.1 Å². The van der Waals surface area contributed by atoms with Crippen molar-refractivity contribution in [2.24, 2.45) is 0 Å². The first-order valence-electron chi connectivity index (χ1n) is 10.7. The van der Waals surface area contributed by atoms with Gasteiger partial charge in [0.2, 0.25) is 5.95 Å². The Morgan fingerprint density at radius 3 is 2.35 bits per heavy atom. The Hall–Kier alpha value is 0.130. The quantitative estimate of drug-likeness (QED) is 0.105. The zero-order valence-corrected chi connectivity index (χ0v) is 26.9. The number of hydrogen-bond acceptors (Lipinski definition) is 18. The number of phosphoric acid groups is 2. The Morgan fingerprint density at radius 2 is 1.70 bits per heavy atom. The number of nitrogens with two attached hydrogens (primary N) is 1. The minimum absolute atomic E-state index is 0. The number of aliphatic hydroxyl groups is 5. The third kappa shape index (κ3) is 7.79. The molecule has 214 valence electrons. The molecule has 0 aromatic carbocycles. The summed E-state index contributed by atoms with van der Waals surface area (Å²) in [5.74, 6) is -0.280. The smallest absolute Gasteiger partial charge is 0.756 e. The summed E-state index contributed by atoms with van der Waals surface area (Å²) in [6, 6.07) is 0. The molecule has 2 aromatic rings. The number of nitrogens with zero attached hydrogens (tertiary/aromatic N) is 3. The Kier molecular flexibility index (Phi) is 12.6. The molecule has 2 aromatic heterocycles. The molecule has 0 amide bonds. The van der Waals surface area contributed by atoms with Gasteiger partial charge in [0.1, 0.15) is 36.6 Å². The van der Waals surface area contributed by atoms with Crippen molar-refractivity contribution in [1.29, 1.82) is 0 Å². The zero-order valence-electron chi connectivity index (χ0n) is 21.1. The normalized spacial score (nSPS) is 35.4. The molecule has 0 saturated carbocycles. The molecule has 4 rings (SSSR count). The summed E-state index contributed by atoms with van der Waals surface area (Å²) in [5.41, 5.74) is 4.52. The summed E-state index contributed by atoms with van der Waals surface area (Å²) in [6.07, 6.45) is -14.3. The molecule has 4 heterocycles.